The van der Waals surface area contributed by atoms with Crippen molar-refractivity contribution in [3.05, 3.63) is 0 Å². The Morgan fingerprint density at radius 2 is 1.67 bits per heavy atom. The van der Waals surface area contributed by atoms with Crippen LogP contribution in [-0.2, 0) is 9.16 Å². The van der Waals surface area contributed by atoms with Crippen molar-refractivity contribution < 1.29 is 9.16 Å². The first-order chi connectivity index (χ1) is 7.77. The summed E-state index contributed by atoms with van der Waals surface area (Å²) in [4.78, 5) is 4.65. The van der Waals surface area contributed by atoms with Gasteiger partial charge in [0.2, 0.25) is 5.90 Å². The van der Waals surface area contributed by atoms with Crippen molar-refractivity contribution in [2.75, 3.05) is 6.61 Å². The van der Waals surface area contributed by atoms with E-state index in [4.69, 9.17) is 9.16 Å². The summed E-state index contributed by atoms with van der Waals surface area (Å²) in [6.07, 6.45) is 0. The fraction of sp³-hybridized carbons (Fsp3) is 0.929. The second kappa shape index (κ2) is 4.34. The number of hydrogen-bond acceptors (Lipinski definition) is 3. The fourth-order valence-corrected chi connectivity index (χ4v) is 3.40. The van der Waals surface area contributed by atoms with Crippen LogP contribution in [0.5, 0.6) is 0 Å². The van der Waals surface area contributed by atoms with Gasteiger partial charge in [-0.3, -0.25) is 0 Å². The van der Waals surface area contributed by atoms with E-state index in [1.165, 1.54) is 0 Å². The monoisotopic (exact) mass is 271 g/mol. The average Bonchev–Trinajstić information content (AvgIpc) is 2.42. The van der Waals surface area contributed by atoms with Crippen molar-refractivity contribution in [1.29, 1.82) is 0 Å². The third-order valence-corrected chi connectivity index (χ3v) is 8.43. The summed E-state index contributed by atoms with van der Waals surface area (Å²) < 4.78 is 12.2. The fourth-order valence-electron chi connectivity index (χ4n) is 1.73. The Morgan fingerprint density at radius 3 is 2.00 bits per heavy atom. The second-order valence-corrected chi connectivity index (χ2v) is 12.6. The topological polar surface area (TPSA) is 30.8 Å². The van der Waals surface area contributed by atoms with Gasteiger partial charge >= 0.3 is 0 Å². The number of hydrogen-bond donors (Lipinski definition) is 0. The second-order valence-electron chi connectivity index (χ2n) is 7.89. The van der Waals surface area contributed by atoms with E-state index in [-0.39, 0.29) is 10.6 Å². The molecule has 0 bridgehead atoms. The Balaban J connectivity index is 2.90. The molecule has 106 valence electrons. The summed E-state index contributed by atoms with van der Waals surface area (Å²) in [5.74, 6) is 0.748. The lowest BCUT2D eigenvalue weighted by atomic mass is 10.1. The maximum absolute atomic E-state index is 6.45. The van der Waals surface area contributed by atoms with Crippen LogP contribution in [0.2, 0.25) is 18.1 Å². The van der Waals surface area contributed by atoms with Gasteiger partial charge in [0.1, 0.15) is 12.2 Å². The molecule has 1 rings (SSSR count). The zero-order chi connectivity index (χ0) is 14.4. The Morgan fingerprint density at radius 1 is 1.17 bits per heavy atom. The minimum Gasteiger partial charge on any atom is -0.476 e. The molecule has 0 N–H and O–H groups in total. The van der Waals surface area contributed by atoms with Gasteiger partial charge in [-0.15, -0.1) is 0 Å². The SMILES string of the molecule is CC1(C)COC(C(C)(C)O[Si](C)(C)C(C)(C)C)=N1. The highest BCUT2D eigenvalue weighted by Gasteiger charge is 2.45. The Kier molecular flexibility index (Phi) is 3.79. The highest BCUT2D eigenvalue weighted by molar-refractivity contribution is 6.74. The minimum atomic E-state index is -1.82. The van der Waals surface area contributed by atoms with Crippen LogP contribution < -0.4 is 0 Å². The van der Waals surface area contributed by atoms with Crippen LogP contribution in [0, 0.1) is 0 Å². The van der Waals surface area contributed by atoms with Gasteiger partial charge in [-0.1, -0.05) is 20.8 Å². The molecule has 3 nitrogen and oxygen atoms in total. The molecule has 0 atom stereocenters. The number of nitrogens with zero attached hydrogens (tertiary/aromatic N) is 1. The molecular weight excluding hydrogens is 242 g/mol. The number of ether oxygens (including phenoxy) is 1. The van der Waals surface area contributed by atoms with Crippen LogP contribution in [0.25, 0.3) is 0 Å². The molecule has 1 aliphatic heterocycles. The van der Waals surface area contributed by atoms with E-state index in [0.29, 0.717) is 6.61 Å². The van der Waals surface area contributed by atoms with Gasteiger partial charge in [0.15, 0.2) is 8.32 Å². The molecule has 0 saturated heterocycles. The smallest absolute Gasteiger partial charge is 0.215 e. The molecule has 1 heterocycles. The van der Waals surface area contributed by atoms with Gasteiger partial charge < -0.3 is 9.16 Å². The first-order valence-electron chi connectivity index (χ1n) is 6.70. The molecule has 4 heteroatoms. The first-order valence-corrected chi connectivity index (χ1v) is 9.61. The standard InChI is InChI=1S/C14H29NO2Si/c1-12(2,3)18(8,9)17-14(6,7)11-15-13(4,5)10-16-11/h10H2,1-9H3. The zero-order valence-electron chi connectivity index (χ0n) is 13.5. The molecule has 0 aromatic carbocycles. The molecular formula is C14H29NO2Si. The Bertz CT molecular complexity index is 351. The quantitative estimate of drug-likeness (QED) is 0.727. The van der Waals surface area contributed by atoms with Crippen molar-refractivity contribution in [2.45, 2.75) is 77.7 Å². The van der Waals surface area contributed by atoms with E-state index in [1.807, 2.05) is 0 Å². The molecule has 0 spiro atoms. The predicted octanol–water partition coefficient (Wildman–Crippen LogP) is 3.99. The maximum atomic E-state index is 6.45. The highest BCUT2D eigenvalue weighted by atomic mass is 28.4. The molecule has 0 aromatic heterocycles. The predicted molar refractivity (Wildman–Crippen MR) is 79.8 cm³/mol. The van der Waals surface area contributed by atoms with E-state index < -0.39 is 13.9 Å². The normalized spacial score (nSPS) is 20.6. The van der Waals surface area contributed by atoms with Crippen molar-refractivity contribution in [1.82, 2.24) is 0 Å². The summed E-state index contributed by atoms with van der Waals surface area (Å²) in [5.41, 5.74) is -0.555. The first kappa shape index (κ1) is 15.7. The van der Waals surface area contributed by atoms with Crippen molar-refractivity contribution in [2.24, 2.45) is 4.99 Å². The van der Waals surface area contributed by atoms with Gasteiger partial charge in [-0.25, -0.2) is 4.99 Å². The summed E-state index contributed by atoms with van der Waals surface area (Å²) in [5, 5.41) is 0.193. The van der Waals surface area contributed by atoms with E-state index >= 15 is 0 Å². The number of aliphatic imine (C=N–C) groups is 1. The molecule has 18 heavy (non-hydrogen) atoms. The van der Waals surface area contributed by atoms with Crippen LogP contribution in [0.3, 0.4) is 0 Å². The number of rotatable bonds is 3. The van der Waals surface area contributed by atoms with E-state index in [9.17, 15) is 0 Å². The molecule has 0 fully saturated rings. The molecule has 0 unspecified atom stereocenters. The van der Waals surface area contributed by atoms with Gasteiger partial charge in [0.05, 0.1) is 5.54 Å². The molecule has 0 aliphatic carbocycles. The summed E-state index contributed by atoms with van der Waals surface area (Å²) in [6, 6.07) is 0. The Labute approximate surface area is 113 Å². The van der Waals surface area contributed by atoms with Crippen molar-refractivity contribution >= 4 is 14.2 Å². The molecule has 0 aromatic rings. The van der Waals surface area contributed by atoms with Gasteiger partial charge in [0.25, 0.3) is 0 Å². The maximum Gasteiger partial charge on any atom is 0.215 e. The lowest BCUT2D eigenvalue weighted by Crippen LogP contribution is -2.50. The van der Waals surface area contributed by atoms with Crippen LogP contribution in [0.1, 0.15) is 48.5 Å². The molecule has 0 saturated carbocycles. The Hall–Kier alpha value is -0.353. The molecule has 0 radical (unpaired) electrons. The molecule has 1 aliphatic rings. The van der Waals surface area contributed by atoms with E-state index in [2.05, 4.69) is 66.6 Å². The third-order valence-electron chi connectivity index (χ3n) is 3.80. The largest absolute Gasteiger partial charge is 0.476 e. The minimum absolute atomic E-state index is 0.122. The zero-order valence-corrected chi connectivity index (χ0v) is 14.5. The van der Waals surface area contributed by atoms with Crippen molar-refractivity contribution in [3.8, 4) is 0 Å². The average molecular weight is 271 g/mol. The van der Waals surface area contributed by atoms with Gasteiger partial charge in [-0.2, -0.15) is 0 Å². The summed E-state index contributed by atoms with van der Waals surface area (Å²) in [7, 11) is -1.82. The van der Waals surface area contributed by atoms with Crippen molar-refractivity contribution in [3.63, 3.8) is 0 Å². The third kappa shape index (κ3) is 3.35. The highest BCUT2D eigenvalue weighted by Crippen LogP contribution is 2.40. The van der Waals surface area contributed by atoms with Gasteiger partial charge in [-0.05, 0) is 45.8 Å². The lowest BCUT2D eigenvalue weighted by molar-refractivity contribution is 0.127. The van der Waals surface area contributed by atoms with Crippen LogP contribution in [-0.4, -0.2) is 32.0 Å². The van der Waals surface area contributed by atoms with Crippen LogP contribution in [0.4, 0.5) is 0 Å². The van der Waals surface area contributed by atoms with Crippen LogP contribution >= 0.6 is 0 Å². The van der Waals surface area contributed by atoms with Crippen LogP contribution in [0.15, 0.2) is 4.99 Å². The molecule has 0 amide bonds. The van der Waals surface area contributed by atoms with E-state index in [1.54, 1.807) is 0 Å². The summed E-state index contributed by atoms with van der Waals surface area (Å²) in [6.45, 7) is 20.2. The van der Waals surface area contributed by atoms with Gasteiger partial charge in [0, 0.05) is 0 Å². The lowest BCUT2D eigenvalue weighted by Gasteiger charge is -2.42. The van der Waals surface area contributed by atoms with E-state index in [0.717, 1.165) is 5.90 Å². The summed E-state index contributed by atoms with van der Waals surface area (Å²) >= 11 is 0.